The lowest BCUT2D eigenvalue weighted by Gasteiger charge is -2.09. The number of carbonyl (C=O) groups is 1. The lowest BCUT2D eigenvalue weighted by molar-refractivity contribution is 0.102. The Balaban J connectivity index is 2.16. The highest BCUT2D eigenvalue weighted by molar-refractivity contribution is 6.04. The largest absolute Gasteiger partial charge is 0.370 e. The van der Waals surface area contributed by atoms with Crippen LogP contribution in [-0.4, -0.2) is 17.4 Å². The van der Waals surface area contributed by atoms with Crippen LogP contribution in [0, 0.1) is 12.7 Å². The van der Waals surface area contributed by atoms with Gasteiger partial charge in [0, 0.05) is 23.5 Å². The first-order valence-corrected chi connectivity index (χ1v) is 6.88. The van der Waals surface area contributed by atoms with E-state index in [1.165, 1.54) is 12.1 Å². The van der Waals surface area contributed by atoms with Gasteiger partial charge in [-0.15, -0.1) is 0 Å². The van der Waals surface area contributed by atoms with Crippen molar-refractivity contribution < 1.29 is 9.18 Å². The molecule has 2 rings (SSSR count). The van der Waals surface area contributed by atoms with E-state index in [0.717, 1.165) is 18.7 Å². The zero-order valence-corrected chi connectivity index (χ0v) is 12.1. The molecule has 0 spiro atoms. The second kappa shape index (κ2) is 6.83. The third-order valence-corrected chi connectivity index (χ3v) is 2.85. The number of nitrogens with one attached hydrogen (secondary N) is 2. The molecule has 110 valence electrons. The van der Waals surface area contributed by atoms with Gasteiger partial charge in [-0.3, -0.25) is 4.79 Å². The fourth-order valence-corrected chi connectivity index (χ4v) is 1.91. The van der Waals surface area contributed by atoms with Crippen LogP contribution in [-0.2, 0) is 0 Å². The van der Waals surface area contributed by atoms with Crippen LogP contribution in [0.5, 0.6) is 0 Å². The average molecular weight is 287 g/mol. The maximum Gasteiger partial charge on any atom is 0.255 e. The second-order valence-electron chi connectivity index (χ2n) is 4.77. The van der Waals surface area contributed by atoms with Gasteiger partial charge in [-0.2, -0.15) is 0 Å². The van der Waals surface area contributed by atoms with Crippen LogP contribution in [0.2, 0.25) is 0 Å². The summed E-state index contributed by atoms with van der Waals surface area (Å²) in [6.45, 7) is 4.68. The number of aryl methyl sites for hydroxylation is 1. The number of aromatic nitrogens is 1. The normalized spacial score (nSPS) is 10.2. The first kappa shape index (κ1) is 15.0. The van der Waals surface area contributed by atoms with Crippen LogP contribution < -0.4 is 10.6 Å². The van der Waals surface area contributed by atoms with E-state index in [-0.39, 0.29) is 11.7 Å². The third kappa shape index (κ3) is 4.27. The van der Waals surface area contributed by atoms with E-state index in [1.54, 1.807) is 24.3 Å². The summed E-state index contributed by atoms with van der Waals surface area (Å²) in [7, 11) is 0. The van der Waals surface area contributed by atoms with Crippen molar-refractivity contribution in [1.29, 1.82) is 0 Å². The quantitative estimate of drug-likeness (QED) is 0.883. The Hall–Kier alpha value is -2.43. The number of hydrogen-bond donors (Lipinski definition) is 2. The van der Waals surface area contributed by atoms with Gasteiger partial charge in [0.2, 0.25) is 0 Å². The maximum atomic E-state index is 13.1. The van der Waals surface area contributed by atoms with Gasteiger partial charge in [0.1, 0.15) is 11.6 Å². The summed E-state index contributed by atoms with van der Waals surface area (Å²) in [6, 6.07) is 9.20. The molecule has 2 N–H and O–H groups in total. The summed E-state index contributed by atoms with van der Waals surface area (Å²) in [5.41, 5.74) is 1.67. The Kier molecular flexibility index (Phi) is 4.87. The van der Waals surface area contributed by atoms with Crippen LogP contribution in [0.25, 0.3) is 0 Å². The highest BCUT2D eigenvalue weighted by Gasteiger charge is 2.09. The minimum absolute atomic E-state index is 0.286. The second-order valence-corrected chi connectivity index (χ2v) is 4.77. The molecule has 0 radical (unpaired) electrons. The van der Waals surface area contributed by atoms with E-state index in [4.69, 9.17) is 0 Å². The summed E-state index contributed by atoms with van der Waals surface area (Å²) >= 11 is 0. The van der Waals surface area contributed by atoms with Crippen molar-refractivity contribution >= 4 is 17.4 Å². The summed E-state index contributed by atoms with van der Waals surface area (Å²) in [5, 5.41) is 5.83. The van der Waals surface area contributed by atoms with Crippen LogP contribution in [0.1, 0.15) is 29.4 Å². The zero-order valence-electron chi connectivity index (χ0n) is 12.1. The number of anilines is 2. The molecule has 5 heteroatoms. The number of amides is 1. The van der Waals surface area contributed by atoms with Gasteiger partial charge in [-0.05, 0) is 43.7 Å². The average Bonchev–Trinajstić information content (AvgIpc) is 2.44. The molecule has 0 fully saturated rings. The molecule has 0 aliphatic rings. The summed E-state index contributed by atoms with van der Waals surface area (Å²) in [4.78, 5) is 16.5. The first-order chi connectivity index (χ1) is 10.1. The van der Waals surface area contributed by atoms with E-state index in [0.29, 0.717) is 17.1 Å². The zero-order chi connectivity index (χ0) is 15.2. The summed E-state index contributed by atoms with van der Waals surface area (Å²) in [5.74, 6) is -0.00380. The lowest BCUT2D eigenvalue weighted by Crippen LogP contribution is -2.13. The molecule has 1 heterocycles. The van der Waals surface area contributed by atoms with Crippen molar-refractivity contribution in [3.05, 3.63) is 53.5 Å². The number of rotatable bonds is 5. The fourth-order valence-electron chi connectivity index (χ4n) is 1.91. The molecule has 0 aliphatic heterocycles. The molecule has 1 aromatic heterocycles. The Bertz CT molecular complexity index is 643. The van der Waals surface area contributed by atoms with Gasteiger partial charge >= 0.3 is 0 Å². The maximum absolute atomic E-state index is 13.1. The number of hydrogen-bond acceptors (Lipinski definition) is 3. The number of benzene rings is 1. The monoisotopic (exact) mass is 287 g/mol. The van der Waals surface area contributed by atoms with Crippen LogP contribution in [0.3, 0.4) is 0 Å². The summed E-state index contributed by atoms with van der Waals surface area (Å²) in [6.07, 6.45) is 0.973. The SMILES string of the molecule is CCCNc1cc(C(=O)Nc2cccc(F)c2)cc(C)n1. The van der Waals surface area contributed by atoms with Crippen molar-refractivity contribution in [2.45, 2.75) is 20.3 Å². The number of nitrogens with zero attached hydrogens (tertiary/aromatic N) is 1. The number of carbonyl (C=O) groups excluding carboxylic acids is 1. The molecule has 21 heavy (non-hydrogen) atoms. The predicted molar refractivity (Wildman–Crippen MR) is 82.1 cm³/mol. The van der Waals surface area contributed by atoms with Crippen molar-refractivity contribution in [3.8, 4) is 0 Å². The van der Waals surface area contributed by atoms with Gasteiger partial charge in [-0.25, -0.2) is 9.37 Å². The van der Waals surface area contributed by atoms with Crippen molar-refractivity contribution in [2.75, 3.05) is 17.2 Å². The van der Waals surface area contributed by atoms with E-state index in [9.17, 15) is 9.18 Å². The lowest BCUT2D eigenvalue weighted by atomic mass is 10.2. The van der Waals surface area contributed by atoms with Crippen LogP contribution in [0.4, 0.5) is 15.9 Å². The van der Waals surface area contributed by atoms with E-state index in [2.05, 4.69) is 22.5 Å². The highest BCUT2D eigenvalue weighted by Crippen LogP contribution is 2.14. The molecule has 0 atom stereocenters. The molecular formula is C16H18FN3O. The highest BCUT2D eigenvalue weighted by atomic mass is 19.1. The number of pyridine rings is 1. The minimum Gasteiger partial charge on any atom is -0.370 e. The molecule has 0 aliphatic carbocycles. The molecule has 4 nitrogen and oxygen atoms in total. The van der Waals surface area contributed by atoms with Gasteiger partial charge in [-0.1, -0.05) is 13.0 Å². The van der Waals surface area contributed by atoms with Gasteiger partial charge < -0.3 is 10.6 Å². The van der Waals surface area contributed by atoms with Crippen LogP contribution >= 0.6 is 0 Å². The Morgan fingerprint density at radius 2 is 2.10 bits per heavy atom. The van der Waals surface area contributed by atoms with Gasteiger partial charge in [0.25, 0.3) is 5.91 Å². The first-order valence-electron chi connectivity index (χ1n) is 6.88. The van der Waals surface area contributed by atoms with E-state index < -0.39 is 0 Å². The Morgan fingerprint density at radius 1 is 1.29 bits per heavy atom. The summed E-state index contributed by atoms with van der Waals surface area (Å²) < 4.78 is 13.1. The molecule has 2 aromatic rings. The molecule has 0 unspecified atom stereocenters. The predicted octanol–water partition coefficient (Wildman–Crippen LogP) is 3.60. The van der Waals surface area contributed by atoms with Gasteiger partial charge in [0.05, 0.1) is 0 Å². The number of halogens is 1. The molecule has 0 bridgehead atoms. The molecule has 0 saturated heterocycles. The van der Waals surface area contributed by atoms with E-state index in [1.807, 2.05) is 6.92 Å². The molecule has 1 amide bonds. The fraction of sp³-hybridized carbons (Fsp3) is 0.250. The third-order valence-electron chi connectivity index (χ3n) is 2.85. The van der Waals surface area contributed by atoms with Crippen LogP contribution in [0.15, 0.2) is 36.4 Å². The van der Waals surface area contributed by atoms with Crippen molar-refractivity contribution in [3.63, 3.8) is 0 Å². The standard InChI is InChI=1S/C16H18FN3O/c1-3-7-18-15-9-12(8-11(2)19-15)16(21)20-14-6-4-5-13(17)10-14/h4-6,8-10H,3,7H2,1-2H3,(H,18,19)(H,20,21). The Labute approximate surface area is 123 Å². The minimum atomic E-state index is -0.385. The molecular weight excluding hydrogens is 269 g/mol. The smallest absolute Gasteiger partial charge is 0.255 e. The topological polar surface area (TPSA) is 54.0 Å². The van der Waals surface area contributed by atoms with Gasteiger partial charge in [0.15, 0.2) is 0 Å². The Morgan fingerprint density at radius 3 is 2.81 bits per heavy atom. The molecule has 0 saturated carbocycles. The molecule has 1 aromatic carbocycles. The van der Waals surface area contributed by atoms with Crippen molar-refractivity contribution in [1.82, 2.24) is 4.98 Å². The van der Waals surface area contributed by atoms with E-state index >= 15 is 0 Å². The van der Waals surface area contributed by atoms with Crippen molar-refractivity contribution in [2.24, 2.45) is 0 Å².